The van der Waals surface area contributed by atoms with Gasteiger partial charge in [0.05, 0.1) is 6.10 Å². The summed E-state index contributed by atoms with van der Waals surface area (Å²) >= 11 is 0. The molecule has 0 bridgehead atoms. The molecule has 0 radical (unpaired) electrons. The van der Waals surface area contributed by atoms with Gasteiger partial charge < -0.3 is 20.1 Å². The van der Waals surface area contributed by atoms with E-state index in [9.17, 15) is 15.0 Å². The molecule has 24 heavy (non-hydrogen) atoms. The van der Waals surface area contributed by atoms with E-state index in [1.165, 1.54) is 0 Å². The van der Waals surface area contributed by atoms with Crippen molar-refractivity contribution in [2.24, 2.45) is 5.92 Å². The van der Waals surface area contributed by atoms with E-state index in [1.54, 1.807) is 6.07 Å². The third kappa shape index (κ3) is 2.88. The van der Waals surface area contributed by atoms with Gasteiger partial charge in [-0.3, -0.25) is 4.79 Å². The first-order valence-corrected chi connectivity index (χ1v) is 8.32. The third-order valence-electron chi connectivity index (χ3n) is 5.29. The fraction of sp³-hybridized carbons (Fsp3) is 0.526. The van der Waals surface area contributed by atoms with Crippen molar-refractivity contribution >= 4 is 5.97 Å². The molecule has 1 aromatic carbocycles. The Bertz CT molecular complexity index is 704. The van der Waals surface area contributed by atoms with Gasteiger partial charge in [0, 0.05) is 23.8 Å². The van der Waals surface area contributed by atoms with Crippen LogP contribution in [0.25, 0.3) is 0 Å². The number of carbonyl (C=O) groups is 1. The highest BCUT2D eigenvalue weighted by Crippen LogP contribution is 2.53. The summed E-state index contributed by atoms with van der Waals surface area (Å²) in [4.78, 5) is 10.8. The zero-order valence-electron chi connectivity index (χ0n) is 14.2. The molecule has 3 atom stereocenters. The van der Waals surface area contributed by atoms with Crippen LogP contribution in [0, 0.1) is 5.92 Å². The summed E-state index contributed by atoms with van der Waals surface area (Å²) in [5, 5.41) is 29.6. The van der Waals surface area contributed by atoms with Crippen molar-refractivity contribution in [3.8, 4) is 11.5 Å². The van der Waals surface area contributed by atoms with Crippen LogP contribution >= 0.6 is 0 Å². The zero-order valence-corrected chi connectivity index (χ0v) is 14.2. The van der Waals surface area contributed by atoms with E-state index in [-0.39, 0.29) is 24.0 Å². The van der Waals surface area contributed by atoms with E-state index in [4.69, 9.17) is 9.84 Å². The van der Waals surface area contributed by atoms with Crippen molar-refractivity contribution in [3.63, 3.8) is 0 Å². The maximum Gasteiger partial charge on any atom is 0.303 e. The molecule has 1 aromatic rings. The zero-order chi connectivity index (χ0) is 17.6. The van der Waals surface area contributed by atoms with Crippen LogP contribution in [-0.2, 0) is 11.2 Å². The lowest BCUT2D eigenvalue weighted by atomic mass is 9.67. The molecule has 3 rings (SSSR count). The number of benzene rings is 1. The fourth-order valence-electron chi connectivity index (χ4n) is 3.93. The Kier molecular flexibility index (Phi) is 4.08. The summed E-state index contributed by atoms with van der Waals surface area (Å²) in [6, 6.07) is 3.47. The van der Waals surface area contributed by atoms with Crippen LogP contribution in [-0.4, -0.2) is 33.0 Å². The molecule has 2 aliphatic rings. The maximum atomic E-state index is 10.8. The Labute approximate surface area is 141 Å². The number of aliphatic hydroxyl groups excluding tert-OH is 1. The number of phenols is 1. The Balaban J connectivity index is 2.05. The second-order valence-corrected chi connectivity index (χ2v) is 7.42. The number of allylic oxidation sites excluding steroid dienone is 1. The highest BCUT2D eigenvalue weighted by molar-refractivity contribution is 5.67. The average Bonchev–Trinajstić information content (AvgIpc) is 2.46. The van der Waals surface area contributed by atoms with Gasteiger partial charge in [0.1, 0.15) is 17.1 Å². The van der Waals surface area contributed by atoms with E-state index >= 15 is 0 Å². The summed E-state index contributed by atoms with van der Waals surface area (Å²) in [5.41, 5.74) is 1.92. The maximum absolute atomic E-state index is 10.8. The molecule has 0 aromatic heterocycles. The number of ether oxygens (including phenoxy) is 1. The predicted octanol–water partition coefficient (Wildman–Crippen LogP) is 2.99. The van der Waals surface area contributed by atoms with Gasteiger partial charge in [0.2, 0.25) is 0 Å². The lowest BCUT2D eigenvalue weighted by Crippen LogP contribution is -2.47. The van der Waals surface area contributed by atoms with Gasteiger partial charge in [-0.1, -0.05) is 6.08 Å². The van der Waals surface area contributed by atoms with Crippen molar-refractivity contribution < 1.29 is 24.9 Å². The summed E-state index contributed by atoms with van der Waals surface area (Å²) in [5.74, 6) is -0.0607. The lowest BCUT2D eigenvalue weighted by molar-refractivity contribution is -0.136. The van der Waals surface area contributed by atoms with Gasteiger partial charge in [-0.15, -0.1) is 0 Å². The van der Waals surface area contributed by atoms with Crippen molar-refractivity contribution in [2.45, 2.75) is 57.7 Å². The van der Waals surface area contributed by atoms with Crippen molar-refractivity contribution in [2.75, 3.05) is 0 Å². The minimum Gasteiger partial charge on any atom is -0.507 e. The Morgan fingerprint density at radius 1 is 1.38 bits per heavy atom. The molecule has 1 aliphatic carbocycles. The molecule has 0 saturated heterocycles. The molecule has 1 heterocycles. The molecule has 130 valence electrons. The highest BCUT2D eigenvalue weighted by atomic mass is 16.5. The minimum atomic E-state index is -0.867. The molecule has 0 amide bonds. The molecule has 3 N–H and O–H groups in total. The van der Waals surface area contributed by atoms with Gasteiger partial charge in [-0.25, -0.2) is 0 Å². The topological polar surface area (TPSA) is 87.0 Å². The number of aryl methyl sites for hydroxylation is 1. The van der Waals surface area contributed by atoms with Gasteiger partial charge in [0.25, 0.3) is 0 Å². The average molecular weight is 332 g/mol. The first kappa shape index (κ1) is 16.8. The Morgan fingerprint density at radius 2 is 2.08 bits per heavy atom. The number of aromatic hydroxyl groups is 1. The summed E-state index contributed by atoms with van der Waals surface area (Å²) in [7, 11) is 0. The molecule has 0 spiro atoms. The van der Waals surface area contributed by atoms with Crippen LogP contribution < -0.4 is 4.74 Å². The van der Waals surface area contributed by atoms with Crippen LogP contribution in [0.3, 0.4) is 0 Å². The number of rotatable bonds is 3. The van der Waals surface area contributed by atoms with Crippen LogP contribution in [0.2, 0.25) is 0 Å². The van der Waals surface area contributed by atoms with Crippen LogP contribution in [0.1, 0.15) is 50.7 Å². The molecular weight excluding hydrogens is 308 g/mol. The van der Waals surface area contributed by atoms with E-state index in [2.05, 4.69) is 0 Å². The number of hydrogen-bond donors (Lipinski definition) is 3. The third-order valence-corrected chi connectivity index (χ3v) is 5.29. The minimum absolute atomic E-state index is 0.0128. The van der Waals surface area contributed by atoms with Gasteiger partial charge >= 0.3 is 5.97 Å². The summed E-state index contributed by atoms with van der Waals surface area (Å²) < 4.78 is 6.15. The highest BCUT2D eigenvalue weighted by Gasteiger charge is 2.47. The quantitative estimate of drug-likeness (QED) is 0.741. The van der Waals surface area contributed by atoms with E-state index < -0.39 is 17.7 Å². The van der Waals surface area contributed by atoms with E-state index in [1.807, 2.05) is 32.9 Å². The summed E-state index contributed by atoms with van der Waals surface area (Å²) in [6.07, 6.45) is 2.51. The number of carboxylic acids is 1. The van der Waals surface area contributed by atoms with E-state index in [0.717, 1.165) is 16.7 Å². The molecular formula is C19H24O5. The molecule has 1 aliphatic heterocycles. The monoisotopic (exact) mass is 332 g/mol. The normalized spacial score (nSPS) is 27.5. The van der Waals surface area contributed by atoms with Gasteiger partial charge in [-0.2, -0.15) is 0 Å². The van der Waals surface area contributed by atoms with Crippen LogP contribution in [0.4, 0.5) is 0 Å². The largest absolute Gasteiger partial charge is 0.507 e. The first-order chi connectivity index (χ1) is 11.2. The number of phenolic OH excluding ortho intramolecular Hbond substituents is 1. The van der Waals surface area contributed by atoms with Gasteiger partial charge in [-0.05, 0) is 56.9 Å². The number of aliphatic hydroxyl groups is 1. The van der Waals surface area contributed by atoms with E-state index in [0.29, 0.717) is 18.6 Å². The SMILES string of the molecule is CC1=CC2c3c(O)cc(CCC(=O)O)cc3OC(C)(C)C2C[C@H]1O. The number of hydrogen-bond acceptors (Lipinski definition) is 4. The second-order valence-electron chi connectivity index (χ2n) is 7.42. The fourth-order valence-corrected chi connectivity index (χ4v) is 3.93. The lowest BCUT2D eigenvalue weighted by Gasteiger charge is -2.47. The predicted molar refractivity (Wildman–Crippen MR) is 89.4 cm³/mol. The molecule has 2 unspecified atom stereocenters. The second kappa shape index (κ2) is 5.81. The molecule has 0 saturated carbocycles. The standard InChI is InChI=1S/C19H24O5/c1-10-6-12-13(9-14(10)20)19(2,3)24-16-8-11(4-5-17(22)23)7-15(21)18(12)16/h6-8,12-14,20-21H,4-5,9H2,1-3H3,(H,22,23)/t12?,13?,14-/m1/s1. The molecule has 0 fully saturated rings. The molecule has 5 heteroatoms. The summed E-state index contributed by atoms with van der Waals surface area (Å²) in [6.45, 7) is 5.90. The Morgan fingerprint density at radius 3 is 2.75 bits per heavy atom. The number of fused-ring (bicyclic) bond motifs is 3. The smallest absolute Gasteiger partial charge is 0.303 e. The molecule has 5 nitrogen and oxygen atoms in total. The van der Waals surface area contributed by atoms with Gasteiger partial charge in [0.15, 0.2) is 0 Å². The van der Waals surface area contributed by atoms with Crippen LogP contribution in [0.5, 0.6) is 11.5 Å². The number of carboxylic acid groups (broad SMARTS) is 1. The van der Waals surface area contributed by atoms with Crippen molar-refractivity contribution in [1.82, 2.24) is 0 Å². The Hall–Kier alpha value is -2.01. The number of aliphatic carboxylic acids is 1. The van der Waals surface area contributed by atoms with Crippen molar-refractivity contribution in [1.29, 1.82) is 0 Å². The van der Waals surface area contributed by atoms with Crippen molar-refractivity contribution in [3.05, 3.63) is 34.9 Å². The van der Waals surface area contributed by atoms with Crippen LogP contribution in [0.15, 0.2) is 23.8 Å². The first-order valence-electron chi connectivity index (χ1n) is 8.32.